The molecule has 0 amide bonds. The third-order valence-corrected chi connectivity index (χ3v) is 2.05. The highest BCUT2D eigenvalue weighted by atomic mass is 35.5. The third-order valence-electron chi connectivity index (χ3n) is 1.76. The van der Waals surface area contributed by atoms with Crippen LogP contribution in [0.5, 0.6) is 0 Å². The molecule has 15 heavy (non-hydrogen) atoms. The summed E-state index contributed by atoms with van der Waals surface area (Å²) >= 11 is 5.45. The molecule has 0 fully saturated rings. The molecule has 1 aromatic heterocycles. The Morgan fingerprint density at radius 1 is 1.67 bits per heavy atom. The number of nitrogens with zero attached hydrogens (tertiary/aromatic N) is 2. The summed E-state index contributed by atoms with van der Waals surface area (Å²) in [5.74, 6) is -0.197. The van der Waals surface area contributed by atoms with Crippen molar-refractivity contribution in [3.8, 4) is 6.07 Å². The maximum atomic E-state index is 12.6. The van der Waals surface area contributed by atoms with Gasteiger partial charge in [-0.25, -0.2) is 13.8 Å². The van der Waals surface area contributed by atoms with Crippen LogP contribution in [0, 0.1) is 11.3 Å². The number of pyridine rings is 1. The Morgan fingerprint density at radius 3 is 2.73 bits per heavy atom. The highest BCUT2D eigenvalue weighted by Crippen LogP contribution is 2.26. The van der Waals surface area contributed by atoms with Gasteiger partial charge in [-0.3, -0.25) is 4.79 Å². The topological polar surface area (TPSA) is 53.8 Å². The van der Waals surface area contributed by atoms with Crippen molar-refractivity contribution in [2.24, 2.45) is 0 Å². The van der Waals surface area contributed by atoms with Crippen molar-refractivity contribution in [2.45, 2.75) is 12.3 Å². The van der Waals surface area contributed by atoms with Gasteiger partial charge in [0.2, 0.25) is 0 Å². The van der Waals surface area contributed by atoms with E-state index in [2.05, 4.69) is 4.98 Å². The molecular weight excluding hydrogens is 226 g/mol. The van der Waals surface area contributed by atoms with E-state index in [0.717, 1.165) is 6.07 Å². The minimum Gasteiger partial charge on any atom is -0.296 e. The van der Waals surface area contributed by atoms with Crippen molar-refractivity contribution in [1.29, 1.82) is 5.26 Å². The highest BCUT2D eigenvalue weighted by Gasteiger charge is 2.19. The van der Waals surface area contributed by atoms with Crippen LogP contribution >= 0.6 is 11.6 Å². The molecule has 1 rings (SSSR count). The molecule has 0 bridgehead atoms. The zero-order chi connectivity index (χ0) is 11.4. The molecule has 0 spiro atoms. The fourth-order valence-corrected chi connectivity index (χ4v) is 1.36. The molecule has 0 saturated heterocycles. The van der Waals surface area contributed by atoms with Gasteiger partial charge in [0.1, 0.15) is 17.5 Å². The monoisotopic (exact) mass is 230 g/mol. The first-order valence-electron chi connectivity index (χ1n) is 3.87. The summed E-state index contributed by atoms with van der Waals surface area (Å²) in [5.41, 5.74) is -0.976. The summed E-state index contributed by atoms with van der Waals surface area (Å²) in [6.07, 6.45) is -2.64. The number of nitriles is 1. The van der Waals surface area contributed by atoms with Gasteiger partial charge < -0.3 is 0 Å². The molecule has 78 valence electrons. The molecule has 1 aromatic rings. The van der Waals surface area contributed by atoms with Crippen LogP contribution in [0.1, 0.15) is 33.7 Å². The van der Waals surface area contributed by atoms with Crippen LogP contribution in [0.25, 0.3) is 0 Å². The zero-order valence-electron chi connectivity index (χ0n) is 7.38. The largest absolute Gasteiger partial charge is 0.296 e. The molecule has 6 heteroatoms. The van der Waals surface area contributed by atoms with Crippen LogP contribution in [0.2, 0.25) is 0 Å². The molecule has 0 radical (unpaired) electrons. The van der Waals surface area contributed by atoms with Crippen LogP contribution < -0.4 is 0 Å². The normalized spacial score (nSPS) is 10.1. The molecule has 3 nitrogen and oxygen atoms in total. The predicted molar refractivity (Wildman–Crippen MR) is 48.9 cm³/mol. The van der Waals surface area contributed by atoms with E-state index in [1.165, 1.54) is 0 Å². The lowest BCUT2D eigenvalue weighted by molar-refractivity contribution is 0.110. The minimum atomic E-state index is -2.83. The lowest BCUT2D eigenvalue weighted by Gasteiger charge is -2.08. The summed E-state index contributed by atoms with van der Waals surface area (Å²) < 4.78 is 25.1. The standard InChI is InChI=1S/C9H5ClF2N2O/c10-2-5-1-6(3-13)14-7(4-15)8(5)9(11)12/h1,4,9H,2H2. The van der Waals surface area contributed by atoms with Crippen LogP contribution in [0.4, 0.5) is 8.78 Å². The first kappa shape index (κ1) is 11.5. The molecule has 0 aliphatic heterocycles. The van der Waals surface area contributed by atoms with Gasteiger partial charge in [-0.15, -0.1) is 11.6 Å². The number of halogens is 3. The minimum absolute atomic E-state index is 0.0558. The van der Waals surface area contributed by atoms with Gasteiger partial charge >= 0.3 is 0 Å². The second-order valence-electron chi connectivity index (χ2n) is 2.63. The Kier molecular flexibility index (Phi) is 3.69. The second kappa shape index (κ2) is 4.80. The molecule has 0 N–H and O–H groups in total. The van der Waals surface area contributed by atoms with Crippen molar-refractivity contribution in [2.75, 3.05) is 0 Å². The lowest BCUT2D eigenvalue weighted by atomic mass is 10.1. The van der Waals surface area contributed by atoms with E-state index < -0.39 is 17.7 Å². The molecule has 0 aromatic carbocycles. The van der Waals surface area contributed by atoms with Gasteiger partial charge in [0.25, 0.3) is 6.43 Å². The number of hydrogen-bond donors (Lipinski definition) is 0. The second-order valence-corrected chi connectivity index (χ2v) is 2.90. The Bertz CT molecular complexity index is 429. The number of aromatic nitrogens is 1. The van der Waals surface area contributed by atoms with Crippen LogP contribution in [0.3, 0.4) is 0 Å². The molecular formula is C9H5ClF2N2O. The van der Waals surface area contributed by atoms with Crippen LogP contribution in [0.15, 0.2) is 6.07 Å². The Labute approximate surface area is 89.3 Å². The maximum absolute atomic E-state index is 12.6. The molecule has 0 aliphatic carbocycles. The summed E-state index contributed by atoms with van der Waals surface area (Å²) in [6, 6.07) is 2.82. The molecule has 1 heterocycles. The van der Waals surface area contributed by atoms with Crippen molar-refractivity contribution in [3.05, 3.63) is 28.6 Å². The highest BCUT2D eigenvalue weighted by molar-refractivity contribution is 6.17. The van der Waals surface area contributed by atoms with Crippen LogP contribution in [-0.4, -0.2) is 11.3 Å². The predicted octanol–water partition coefficient (Wildman–Crippen LogP) is 2.44. The van der Waals surface area contributed by atoms with E-state index >= 15 is 0 Å². The summed E-state index contributed by atoms with van der Waals surface area (Å²) in [6.45, 7) is 0. The Hall–Kier alpha value is -1.54. The average molecular weight is 231 g/mol. The number of aldehydes is 1. The Morgan fingerprint density at radius 2 is 2.33 bits per heavy atom. The van der Waals surface area contributed by atoms with E-state index in [1.54, 1.807) is 6.07 Å². The summed E-state index contributed by atoms with van der Waals surface area (Å²) in [7, 11) is 0. The quantitative estimate of drug-likeness (QED) is 0.592. The van der Waals surface area contributed by atoms with E-state index in [-0.39, 0.29) is 23.4 Å². The van der Waals surface area contributed by atoms with E-state index in [0.29, 0.717) is 0 Å². The fourth-order valence-electron chi connectivity index (χ4n) is 1.14. The van der Waals surface area contributed by atoms with Gasteiger partial charge in [0.05, 0.1) is 5.56 Å². The smallest absolute Gasteiger partial charge is 0.266 e. The van der Waals surface area contributed by atoms with Crippen molar-refractivity contribution >= 4 is 17.9 Å². The number of alkyl halides is 3. The first-order chi connectivity index (χ1) is 7.13. The molecule has 0 unspecified atom stereocenters. The summed E-state index contributed by atoms with van der Waals surface area (Å²) in [5, 5.41) is 8.55. The number of carbonyl (C=O) groups is 1. The molecule has 0 saturated carbocycles. The van der Waals surface area contributed by atoms with Crippen molar-refractivity contribution in [3.63, 3.8) is 0 Å². The van der Waals surface area contributed by atoms with Gasteiger partial charge in [-0.05, 0) is 11.6 Å². The van der Waals surface area contributed by atoms with E-state index in [1.807, 2.05) is 0 Å². The number of rotatable bonds is 3. The van der Waals surface area contributed by atoms with Crippen LogP contribution in [-0.2, 0) is 5.88 Å². The van der Waals surface area contributed by atoms with Gasteiger partial charge in [-0.1, -0.05) is 0 Å². The number of hydrogen-bond acceptors (Lipinski definition) is 3. The zero-order valence-corrected chi connectivity index (χ0v) is 8.13. The summed E-state index contributed by atoms with van der Waals surface area (Å²) in [4.78, 5) is 14.0. The first-order valence-corrected chi connectivity index (χ1v) is 4.40. The number of carbonyl (C=O) groups excluding carboxylic acids is 1. The third kappa shape index (κ3) is 2.28. The van der Waals surface area contributed by atoms with E-state index in [9.17, 15) is 13.6 Å². The van der Waals surface area contributed by atoms with Gasteiger partial charge in [0, 0.05) is 5.88 Å². The maximum Gasteiger partial charge on any atom is 0.266 e. The molecule has 0 aliphatic rings. The fraction of sp³-hybridized carbons (Fsp3) is 0.222. The average Bonchev–Trinajstić information content (AvgIpc) is 2.26. The molecule has 0 atom stereocenters. The Balaban J connectivity index is 3.47. The van der Waals surface area contributed by atoms with Gasteiger partial charge in [0.15, 0.2) is 6.29 Å². The van der Waals surface area contributed by atoms with E-state index in [4.69, 9.17) is 16.9 Å². The lowest BCUT2D eigenvalue weighted by Crippen LogP contribution is -2.04. The van der Waals surface area contributed by atoms with Gasteiger partial charge in [-0.2, -0.15) is 5.26 Å². The SMILES string of the molecule is N#Cc1cc(CCl)c(C(F)F)c(C=O)n1. The van der Waals surface area contributed by atoms with Crippen molar-refractivity contribution < 1.29 is 13.6 Å². The van der Waals surface area contributed by atoms with Crippen molar-refractivity contribution in [1.82, 2.24) is 4.98 Å².